The van der Waals surface area contributed by atoms with E-state index in [1.165, 1.54) is 0 Å². The van der Waals surface area contributed by atoms with Crippen molar-refractivity contribution in [2.45, 2.75) is 19.9 Å². The molecule has 2 aromatic rings. The summed E-state index contributed by atoms with van der Waals surface area (Å²) in [6.45, 7) is 4.09. The van der Waals surface area contributed by atoms with Gasteiger partial charge in [0.2, 0.25) is 0 Å². The van der Waals surface area contributed by atoms with Gasteiger partial charge in [-0.2, -0.15) is 5.10 Å². The molecule has 1 heterocycles. The SMILES string of the molecule is CNC(=O)c1ccc(C)c(NC(C)c2ccnn2C)c1. The average molecular weight is 272 g/mol. The highest BCUT2D eigenvalue weighted by Gasteiger charge is 2.12. The molecule has 106 valence electrons. The Morgan fingerprint density at radius 1 is 1.35 bits per heavy atom. The summed E-state index contributed by atoms with van der Waals surface area (Å²) in [4.78, 5) is 11.7. The second-order valence-electron chi connectivity index (χ2n) is 4.85. The molecule has 0 saturated carbocycles. The van der Waals surface area contributed by atoms with Gasteiger partial charge in [0.1, 0.15) is 0 Å². The molecule has 1 aromatic heterocycles. The number of carbonyl (C=O) groups excluding carboxylic acids is 1. The van der Waals surface area contributed by atoms with E-state index in [0.717, 1.165) is 16.9 Å². The minimum atomic E-state index is -0.0822. The number of carbonyl (C=O) groups is 1. The first-order valence-electron chi connectivity index (χ1n) is 6.60. The van der Waals surface area contributed by atoms with Crippen molar-refractivity contribution >= 4 is 11.6 Å². The molecule has 2 N–H and O–H groups in total. The lowest BCUT2D eigenvalue weighted by atomic mass is 10.1. The largest absolute Gasteiger partial charge is 0.377 e. The fraction of sp³-hybridized carbons (Fsp3) is 0.333. The van der Waals surface area contributed by atoms with Crippen LogP contribution in [0.3, 0.4) is 0 Å². The number of aromatic nitrogens is 2. The molecule has 20 heavy (non-hydrogen) atoms. The minimum absolute atomic E-state index is 0.0822. The van der Waals surface area contributed by atoms with Crippen molar-refractivity contribution in [3.05, 3.63) is 47.3 Å². The average Bonchev–Trinajstić information content (AvgIpc) is 2.86. The van der Waals surface area contributed by atoms with Crippen molar-refractivity contribution < 1.29 is 4.79 Å². The quantitative estimate of drug-likeness (QED) is 0.897. The van der Waals surface area contributed by atoms with Crippen LogP contribution in [0.1, 0.15) is 34.6 Å². The molecule has 0 aliphatic rings. The molecule has 5 heteroatoms. The number of hydrogen-bond acceptors (Lipinski definition) is 3. The van der Waals surface area contributed by atoms with Crippen LogP contribution in [0.25, 0.3) is 0 Å². The molecule has 0 aliphatic heterocycles. The molecule has 0 aliphatic carbocycles. The Morgan fingerprint density at radius 3 is 2.70 bits per heavy atom. The number of aryl methyl sites for hydroxylation is 2. The van der Waals surface area contributed by atoms with Crippen LogP contribution in [0, 0.1) is 6.92 Å². The molecule has 0 spiro atoms. The van der Waals surface area contributed by atoms with Gasteiger partial charge >= 0.3 is 0 Å². The molecule has 0 saturated heterocycles. The predicted molar refractivity (Wildman–Crippen MR) is 79.8 cm³/mol. The highest BCUT2D eigenvalue weighted by atomic mass is 16.1. The Bertz CT molecular complexity index is 618. The number of nitrogens with zero attached hydrogens (tertiary/aromatic N) is 2. The summed E-state index contributed by atoms with van der Waals surface area (Å²) in [5.74, 6) is -0.0822. The number of amides is 1. The summed E-state index contributed by atoms with van der Waals surface area (Å²) in [5, 5.41) is 10.2. The van der Waals surface area contributed by atoms with Crippen LogP contribution in [0.2, 0.25) is 0 Å². The van der Waals surface area contributed by atoms with Crippen LogP contribution in [-0.4, -0.2) is 22.7 Å². The van der Waals surface area contributed by atoms with E-state index in [-0.39, 0.29) is 11.9 Å². The van der Waals surface area contributed by atoms with E-state index in [1.807, 2.05) is 42.9 Å². The van der Waals surface area contributed by atoms with E-state index in [1.54, 1.807) is 13.2 Å². The normalized spacial score (nSPS) is 12.0. The van der Waals surface area contributed by atoms with Crippen LogP contribution < -0.4 is 10.6 Å². The van der Waals surface area contributed by atoms with Crippen LogP contribution >= 0.6 is 0 Å². The van der Waals surface area contributed by atoms with Gasteiger partial charge in [0.25, 0.3) is 5.91 Å². The summed E-state index contributed by atoms with van der Waals surface area (Å²) in [5.41, 5.74) is 3.80. The van der Waals surface area contributed by atoms with Crippen LogP contribution in [-0.2, 0) is 7.05 Å². The van der Waals surface area contributed by atoms with E-state index in [4.69, 9.17) is 0 Å². The Morgan fingerprint density at radius 2 is 2.10 bits per heavy atom. The molecule has 1 unspecified atom stereocenters. The second-order valence-corrected chi connectivity index (χ2v) is 4.85. The fourth-order valence-corrected chi connectivity index (χ4v) is 2.18. The van der Waals surface area contributed by atoms with Gasteiger partial charge in [-0.3, -0.25) is 9.48 Å². The molecule has 0 radical (unpaired) electrons. The highest BCUT2D eigenvalue weighted by molar-refractivity contribution is 5.95. The maximum atomic E-state index is 11.7. The number of nitrogens with one attached hydrogen (secondary N) is 2. The molecule has 5 nitrogen and oxygen atoms in total. The van der Waals surface area contributed by atoms with Crippen molar-refractivity contribution in [2.75, 3.05) is 12.4 Å². The molecular formula is C15H20N4O. The van der Waals surface area contributed by atoms with Crippen LogP contribution in [0.5, 0.6) is 0 Å². The third-order valence-electron chi connectivity index (χ3n) is 3.40. The van der Waals surface area contributed by atoms with E-state index < -0.39 is 0 Å². The Kier molecular flexibility index (Phi) is 4.08. The third kappa shape index (κ3) is 2.82. The van der Waals surface area contributed by atoms with Crippen molar-refractivity contribution in [3.63, 3.8) is 0 Å². The molecule has 1 amide bonds. The third-order valence-corrected chi connectivity index (χ3v) is 3.40. The number of hydrogen-bond donors (Lipinski definition) is 2. The minimum Gasteiger partial charge on any atom is -0.377 e. The van der Waals surface area contributed by atoms with Gasteiger partial charge in [-0.25, -0.2) is 0 Å². The number of rotatable bonds is 4. The zero-order valence-electron chi connectivity index (χ0n) is 12.3. The van der Waals surface area contributed by atoms with Gasteiger partial charge in [-0.05, 0) is 37.6 Å². The Balaban J connectivity index is 2.24. The van der Waals surface area contributed by atoms with Gasteiger partial charge in [0.15, 0.2) is 0 Å². The first-order valence-corrected chi connectivity index (χ1v) is 6.60. The number of benzene rings is 1. The van der Waals surface area contributed by atoms with E-state index in [9.17, 15) is 4.79 Å². The Hall–Kier alpha value is -2.30. The fourth-order valence-electron chi connectivity index (χ4n) is 2.18. The first-order chi connectivity index (χ1) is 9.52. The standard InChI is InChI=1S/C15H20N4O/c1-10-5-6-12(15(20)16-3)9-13(10)18-11(2)14-7-8-17-19(14)4/h5-9,11,18H,1-4H3,(H,16,20). The van der Waals surface area contributed by atoms with E-state index in [2.05, 4.69) is 22.7 Å². The summed E-state index contributed by atoms with van der Waals surface area (Å²) in [7, 11) is 3.55. The zero-order chi connectivity index (χ0) is 14.7. The van der Waals surface area contributed by atoms with E-state index >= 15 is 0 Å². The monoisotopic (exact) mass is 272 g/mol. The molecule has 1 atom stereocenters. The lowest BCUT2D eigenvalue weighted by Gasteiger charge is -2.18. The number of anilines is 1. The van der Waals surface area contributed by atoms with Gasteiger partial charge < -0.3 is 10.6 Å². The molecular weight excluding hydrogens is 252 g/mol. The molecule has 2 rings (SSSR count). The smallest absolute Gasteiger partial charge is 0.251 e. The highest BCUT2D eigenvalue weighted by Crippen LogP contribution is 2.23. The van der Waals surface area contributed by atoms with Crippen LogP contribution in [0.15, 0.2) is 30.5 Å². The van der Waals surface area contributed by atoms with Crippen molar-refractivity contribution in [2.24, 2.45) is 7.05 Å². The van der Waals surface area contributed by atoms with Gasteiger partial charge in [0.05, 0.1) is 11.7 Å². The van der Waals surface area contributed by atoms with Gasteiger partial charge in [0, 0.05) is 31.5 Å². The summed E-state index contributed by atoms with van der Waals surface area (Å²) in [6, 6.07) is 7.74. The van der Waals surface area contributed by atoms with Crippen molar-refractivity contribution in [3.8, 4) is 0 Å². The lowest BCUT2D eigenvalue weighted by molar-refractivity contribution is 0.0963. The Labute approximate surface area is 119 Å². The summed E-state index contributed by atoms with van der Waals surface area (Å²) < 4.78 is 1.84. The molecule has 0 bridgehead atoms. The molecule has 1 aromatic carbocycles. The summed E-state index contributed by atoms with van der Waals surface area (Å²) in [6.07, 6.45) is 1.78. The lowest BCUT2D eigenvalue weighted by Crippen LogP contribution is -2.18. The second kappa shape index (κ2) is 5.77. The van der Waals surface area contributed by atoms with Crippen LogP contribution in [0.4, 0.5) is 5.69 Å². The first kappa shape index (κ1) is 14.1. The van der Waals surface area contributed by atoms with Crippen molar-refractivity contribution in [1.29, 1.82) is 0 Å². The van der Waals surface area contributed by atoms with Gasteiger partial charge in [-0.1, -0.05) is 6.07 Å². The maximum absolute atomic E-state index is 11.7. The zero-order valence-corrected chi connectivity index (χ0v) is 12.3. The van der Waals surface area contributed by atoms with E-state index in [0.29, 0.717) is 5.56 Å². The predicted octanol–water partition coefficient (Wildman–Crippen LogP) is 2.26. The molecule has 0 fully saturated rings. The topological polar surface area (TPSA) is 59.0 Å². The summed E-state index contributed by atoms with van der Waals surface area (Å²) >= 11 is 0. The van der Waals surface area contributed by atoms with Gasteiger partial charge in [-0.15, -0.1) is 0 Å². The van der Waals surface area contributed by atoms with Crippen molar-refractivity contribution in [1.82, 2.24) is 15.1 Å². The maximum Gasteiger partial charge on any atom is 0.251 e.